The van der Waals surface area contributed by atoms with E-state index in [1.807, 2.05) is 0 Å². The van der Waals surface area contributed by atoms with Gasteiger partial charge in [-0.2, -0.15) is 0 Å². The molecular weight excluding hydrogens is 266 g/mol. The first-order valence-electron chi connectivity index (χ1n) is 8.16. The van der Waals surface area contributed by atoms with Crippen LogP contribution in [0.5, 0.6) is 0 Å². The van der Waals surface area contributed by atoms with E-state index in [0.717, 1.165) is 25.2 Å². The lowest BCUT2D eigenvalue weighted by molar-refractivity contribution is -0.172. The standard InChI is InChI=1S/C17H29NO3/c1-15-5-12-6-16(2,9-15)11-17(7-12,10-15)14(19)18-8-13(20-3)21-4/h12-13H,5-11H2,1-4H3,(H,18,19). The predicted octanol–water partition coefficient (Wildman–Crippen LogP) is 2.72. The van der Waals surface area contributed by atoms with E-state index in [1.165, 1.54) is 19.3 Å². The lowest BCUT2D eigenvalue weighted by Gasteiger charge is -2.64. The number of rotatable bonds is 5. The Morgan fingerprint density at radius 3 is 2.14 bits per heavy atom. The second kappa shape index (κ2) is 4.95. The number of methoxy groups -OCH3 is 2. The van der Waals surface area contributed by atoms with Crippen molar-refractivity contribution < 1.29 is 14.3 Å². The van der Waals surface area contributed by atoms with E-state index in [4.69, 9.17) is 9.47 Å². The number of ether oxygens (including phenoxy) is 2. The molecule has 0 aromatic carbocycles. The van der Waals surface area contributed by atoms with Crippen LogP contribution in [0.25, 0.3) is 0 Å². The molecular formula is C17H29NO3. The zero-order valence-corrected chi connectivity index (χ0v) is 13.8. The highest BCUT2D eigenvalue weighted by Crippen LogP contribution is 2.69. The van der Waals surface area contributed by atoms with E-state index < -0.39 is 0 Å². The van der Waals surface area contributed by atoms with Gasteiger partial charge < -0.3 is 14.8 Å². The number of carbonyl (C=O) groups excluding carboxylic acids is 1. The molecule has 4 rings (SSSR count). The van der Waals surface area contributed by atoms with Gasteiger partial charge in [-0.3, -0.25) is 4.79 Å². The summed E-state index contributed by atoms with van der Waals surface area (Å²) in [6.45, 7) is 5.22. The first-order valence-corrected chi connectivity index (χ1v) is 8.16. The van der Waals surface area contributed by atoms with Crippen LogP contribution in [0.1, 0.15) is 52.4 Å². The minimum Gasteiger partial charge on any atom is -0.354 e. The molecule has 4 aliphatic rings. The van der Waals surface area contributed by atoms with Crippen LogP contribution < -0.4 is 5.32 Å². The van der Waals surface area contributed by atoms with Crippen LogP contribution in [0.4, 0.5) is 0 Å². The fourth-order valence-corrected chi connectivity index (χ4v) is 6.33. The normalized spacial score (nSPS) is 44.3. The van der Waals surface area contributed by atoms with Gasteiger partial charge >= 0.3 is 0 Å². The van der Waals surface area contributed by atoms with E-state index in [1.54, 1.807) is 14.2 Å². The summed E-state index contributed by atoms with van der Waals surface area (Å²) < 4.78 is 10.3. The first kappa shape index (κ1) is 15.3. The maximum atomic E-state index is 12.9. The molecule has 0 heterocycles. The lowest BCUT2D eigenvalue weighted by atomic mass is 9.40. The summed E-state index contributed by atoms with van der Waals surface area (Å²) in [5.41, 5.74) is 0.593. The molecule has 2 atom stereocenters. The van der Waals surface area contributed by atoms with Gasteiger partial charge in [0.15, 0.2) is 6.29 Å². The Bertz CT molecular complexity index is 414. The minimum absolute atomic E-state index is 0.144. The molecule has 21 heavy (non-hydrogen) atoms. The zero-order valence-electron chi connectivity index (χ0n) is 13.8. The SMILES string of the molecule is COC(CNC(=O)C12CC3CC(C)(CC(C)(C3)C1)C2)OC. The predicted molar refractivity (Wildman–Crippen MR) is 80.7 cm³/mol. The number of hydrogen-bond donors (Lipinski definition) is 1. The molecule has 4 bridgehead atoms. The summed E-state index contributed by atoms with van der Waals surface area (Å²) in [6, 6.07) is 0. The van der Waals surface area contributed by atoms with Crippen molar-refractivity contribution in [3.63, 3.8) is 0 Å². The molecule has 1 N–H and O–H groups in total. The van der Waals surface area contributed by atoms with E-state index >= 15 is 0 Å². The Labute approximate surface area is 127 Å². The molecule has 0 radical (unpaired) electrons. The van der Waals surface area contributed by atoms with Crippen LogP contribution in [0.2, 0.25) is 0 Å². The summed E-state index contributed by atoms with van der Waals surface area (Å²) in [5.74, 6) is 0.964. The van der Waals surface area contributed by atoms with Gasteiger partial charge in [0.05, 0.1) is 12.0 Å². The van der Waals surface area contributed by atoms with Crippen LogP contribution in [-0.2, 0) is 14.3 Å². The van der Waals surface area contributed by atoms with Gasteiger partial charge in [-0.25, -0.2) is 0 Å². The molecule has 2 unspecified atom stereocenters. The molecule has 0 aromatic rings. The van der Waals surface area contributed by atoms with Gasteiger partial charge in [0, 0.05) is 14.2 Å². The molecule has 0 aromatic heterocycles. The smallest absolute Gasteiger partial charge is 0.226 e. The van der Waals surface area contributed by atoms with Crippen LogP contribution in [0.15, 0.2) is 0 Å². The van der Waals surface area contributed by atoms with Crippen molar-refractivity contribution in [2.24, 2.45) is 22.2 Å². The minimum atomic E-state index is -0.353. The van der Waals surface area contributed by atoms with Crippen molar-refractivity contribution >= 4 is 5.91 Å². The average molecular weight is 295 g/mol. The fraction of sp³-hybridized carbons (Fsp3) is 0.941. The second-order valence-corrected chi connectivity index (χ2v) is 8.52. The van der Waals surface area contributed by atoms with E-state index in [9.17, 15) is 4.79 Å². The van der Waals surface area contributed by atoms with Gasteiger partial charge in [-0.05, 0) is 55.3 Å². The molecule has 4 heteroatoms. The Morgan fingerprint density at radius 1 is 1.10 bits per heavy atom. The van der Waals surface area contributed by atoms with Crippen molar-refractivity contribution in [1.82, 2.24) is 5.32 Å². The Kier molecular flexibility index (Phi) is 3.61. The zero-order chi connectivity index (χ0) is 15.3. The van der Waals surface area contributed by atoms with Crippen molar-refractivity contribution in [2.75, 3.05) is 20.8 Å². The van der Waals surface area contributed by atoms with E-state index in [2.05, 4.69) is 19.2 Å². The summed E-state index contributed by atoms with van der Waals surface area (Å²) in [4.78, 5) is 12.9. The van der Waals surface area contributed by atoms with E-state index in [0.29, 0.717) is 17.4 Å². The molecule has 0 spiro atoms. The molecule has 4 saturated carbocycles. The van der Waals surface area contributed by atoms with Crippen molar-refractivity contribution in [3.05, 3.63) is 0 Å². The third kappa shape index (κ3) is 2.61. The summed E-state index contributed by atoms with van der Waals surface area (Å²) in [6.07, 6.45) is 6.77. The van der Waals surface area contributed by atoms with Crippen molar-refractivity contribution in [1.29, 1.82) is 0 Å². The van der Waals surface area contributed by atoms with Crippen LogP contribution in [0.3, 0.4) is 0 Å². The number of amides is 1. The highest BCUT2D eigenvalue weighted by Gasteiger charge is 2.62. The van der Waals surface area contributed by atoms with Crippen LogP contribution >= 0.6 is 0 Å². The van der Waals surface area contributed by atoms with Gasteiger partial charge in [0.25, 0.3) is 0 Å². The van der Waals surface area contributed by atoms with Gasteiger partial charge in [0.1, 0.15) is 0 Å². The van der Waals surface area contributed by atoms with E-state index in [-0.39, 0.29) is 17.6 Å². The van der Waals surface area contributed by atoms with Gasteiger partial charge in [-0.1, -0.05) is 13.8 Å². The number of nitrogens with one attached hydrogen (secondary N) is 1. The topological polar surface area (TPSA) is 47.6 Å². The summed E-state index contributed by atoms with van der Waals surface area (Å²) in [5, 5.41) is 3.09. The number of hydrogen-bond acceptors (Lipinski definition) is 3. The third-order valence-corrected chi connectivity index (χ3v) is 6.06. The van der Waals surface area contributed by atoms with Crippen LogP contribution in [0, 0.1) is 22.2 Å². The average Bonchev–Trinajstić information content (AvgIpc) is 2.35. The summed E-state index contributed by atoms with van der Waals surface area (Å²) in [7, 11) is 3.21. The molecule has 0 aliphatic heterocycles. The molecule has 4 aliphatic carbocycles. The monoisotopic (exact) mass is 295 g/mol. The van der Waals surface area contributed by atoms with Crippen molar-refractivity contribution in [2.45, 2.75) is 58.7 Å². The maximum Gasteiger partial charge on any atom is 0.226 e. The van der Waals surface area contributed by atoms with Gasteiger partial charge in [-0.15, -0.1) is 0 Å². The third-order valence-electron chi connectivity index (χ3n) is 6.06. The Balaban J connectivity index is 1.73. The van der Waals surface area contributed by atoms with Crippen LogP contribution in [-0.4, -0.2) is 33.0 Å². The fourth-order valence-electron chi connectivity index (χ4n) is 6.33. The highest BCUT2D eigenvalue weighted by molar-refractivity contribution is 5.83. The quantitative estimate of drug-likeness (QED) is 0.793. The van der Waals surface area contributed by atoms with Gasteiger partial charge in [0.2, 0.25) is 5.91 Å². The summed E-state index contributed by atoms with van der Waals surface area (Å²) >= 11 is 0. The second-order valence-electron chi connectivity index (χ2n) is 8.52. The maximum absolute atomic E-state index is 12.9. The molecule has 1 amide bonds. The molecule has 120 valence electrons. The molecule has 4 nitrogen and oxygen atoms in total. The largest absolute Gasteiger partial charge is 0.354 e. The Hall–Kier alpha value is -0.610. The lowest BCUT2D eigenvalue weighted by Crippen LogP contribution is -2.60. The molecule has 4 fully saturated rings. The van der Waals surface area contributed by atoms with Crippen molar-refractivity contribution in [3.8, 4) is 0 Å². The highest BCUT2D eigenvalue weighted by atomic mass is 16.7. The first-order chi connectivity index (χ1) is 9.82. The number of carbonyl (C=O) groups is 1. The Morgan fingerprint density at radius 2 is 1.67 bits per heavy atom. The molecule has 0 saturated heterocycles.